The Morgan fingerprint density at radius 2 is 1.64 bits per heavy atom. The molecule has 0 unspecified atom stereocenters. The number of amides is 1. The van der Waals surface area contributed by atoms with Crippen molar-refractivity contribution >= 4 is 17.7 Å². The highest BCUT2D eigenvalue weighted by atomic mass is 32.2. The summed E-state index contributed by atoms with van der Waals surface area (Å²) in [4.78, 5) is 12.6. The van der Waals surface area contributed by atoms with Crippen LogP contribution in [0.4, 0.5) is 0 Å². The first-order valence-corrected chi connectivity index (χ1v) is 11.6. The van der Waals surface area contributed by atoms with Crippen molar-refractivity contribution < 1.29 is 9.53 Å². The molecule has 1 atom stereocenters. The summed E-state index contributed by atoms with van der Waals surface area (Å²) in [5, 5.41) is 12.9. The zero-order valence-corrected chi connectivity index (χ0v) is 19.5. The topological polar surface area (TPSA) is 69.0 Å². The van der Waals surface area contributed by atoms with Crippen molar-refractivity contribution in [1.29, 1.82) is 0 Å². The van der Waals surface area contributed by atoms with Gasteiger partial charge in [-0.3, -0.25) is 4.79 Å². The first kappa shape index (κ1) is 22.6. The average Bonchev–Trinajstić information content (AvgIpc) is 3.24. The van der Waals surface area contributed by atoms with Crippen molar-refractivity contribution in [3.05, 3.63) is 107 Å². The maximum Gasteiger partial charge on any atom is 0.251 e. The molecule has 0 bridgehead atoms. The van der Waals surface area contributed by atoms with Gasteiger partial charge in [-0.1, -0.05) is 72.4 Å². The fourth-order valence-corrected chi connectivity index (χ4v) is 4.41. The number of nitrogens with one attached hydrogen (secondary N) is 1. The lowest BCUT2D eigenvalue weighted by molar-refractivity contribution is 0.0949. The van der Waals surface area contributed by atoms with Crippen LogP contribution in [0.3, 0.4) is 0 Å². The predicted molar refractivity (Wildman–Crippen MR) is 130 cm³/mol. The summed E-state index contributed by atoms with van der Waals surface area (Å²) in [6.45, 7) is 3.07. The molecular weight excluding hydrogens is 432 g/mol. The third-order valence-corrected chi connectivity index (χ3v) is 6.43. The summed E-state index contributed by atoms with van der Waals surface area (Å²) in [6.07, 6.45) is 0. The van der Waals surface area contributed by atoms with Gasteiger partial charge in [-0.2, -0.15) is 0 Å². The van der Waals surface area contributed by atoms with E-state index in [1.165, 1.54) is 5.56 Å². The van der Waals surface area contributed by atoms with Crippen molar-refractivity contribution in [3.63, 3.8) is 0 Å². The number of benzene rings is 3. The van der Waals surface area contributed by atoms with Crippen LogP contribution in [0, 0.1) is 0 Å². The summed E-state index contributed by atoms with van der Waals surface area (Å²) < 4.78 is 7.24. The van der Waals surface area contributed by atoms with Crippen molar-refractivity contribution in [1.82, 2.24) is 20.1 Å². The molecule has 0 fully saturated rings. The van der Waals surface area contributed by atoms with Gasteiger partial charge in [-0.25, -0.2) is 0 Å². The maximum atomic E-state index is 12.6. The third-order valence-electron chi connectivity index (χ3n) is 5.29. The van der Waals surface area contributed by atoms with E-state index in [1.54, 1.807) is 43.1 Å². The number of aromatic nitrogens is 3. The molecule has 1 aromatic heterocycles. The molecule has 3 aromatic carbocycles. The lowest BCUT2D eigenvalue weighted by Gasteiger charge is -2.14. The summed E-state index contributed by atoms with van der Waals surface area (Å²) in [5.74, 6) is 1.26. The monoisotopic (exact) mass is 458 g/mol. The van der Waals surface area contributed by atoms with Crippen molar-refractivity contribution in [2.45, 2.75) is 30.4 Å². The molecule has 0 aliphatic heterocycles. The number of carbonyl (C=O) groups is 1. The van der Waals surface area contributed by atoms with Gasteiger partial charge in [0.15, 0.2) is 11.0 Å². The van der Waals surface area contributed by atoms with Gasteiger partial charge in [-0.15, -0.1) is 10.2 Å². The molecule has 0 aliphatic rings. The van der Waals surface area contributed by atoms with Crippen molar-refractivity contribution in [2.75, 3.05) is 7.11 Å². The van der Waals surface area contributed by atoms with Gasteiger partial charge >= 0.3 is 0 Å². The number of carbonyl (C=O) groups excluding carboxylic acids is 1. The Hall–Kier alpha value is -3.58. The Morgan fingerprint density at radius 1 is 0.970 bits per heavy atom. The average molecular weight is 459 g/mol. The molecule has 1 N–H and O–H groups in total. The van der Waals surface area contributed by atoms with Crippen LogP contribution in [-0.2, 0) is 13.1 Å². The molecule has 0 aliphatic carbocycles. The van der Waals surface area contributed by atoms with E-state index in [0.29, 0.717) is 23.7 Å². The number of ether oxygens (including phenoxy) is 1. The second-order valence-corrected chi connectivity index (χ2v) is 8.86. The molecular formula is C26H26N4O2S. The molecule has 1 amide bonds. The molecule has 1 heterocycles. The summed E-state index contributed by atoms with van der Waals surface area (Å²) >= 11 is 1.66. The standard InChI is InChI=1S/C26H26N4O2S/c1-19(21-11-7-4-8-12-21)33-26-29-28-24(30(26)18-20-9-5-3-6-10-20)17-27-25(31)22-13-15-23(32-2)16-14-22/h3-16,19H,17-18H2,1-2H3,(H,27,31)/t19-/m1/s1. The first-order chi connectivity index (χ1) is 16.1. The van der Waals surface area contributed by atoms with Crippen LogP contribution in [0.25, 0.3) is 0 Å². The number of nitrogens with zero attached hydrogens (tertiary/aromatic N) is 3. The molecule has 0 saturated heterocycles. The van der Waals surface area contributed by atoms with Crippen LogP contribution >= 0.6 is 11.8 Å². The molecule has 7 heteroatoms. The smallest absolute Gasteiger partial charge is 0.251 e. The van der Waals surface area contributed by atoms with E-state index >= 15 is 0 Å². The maximum absolute atomic E-state index is 12.6. The van der Waals surface area contributed by atoms with Crippen LogP contribution in [0.2, 0.25) is 0 Å². The van der Waals surface area contributed by atoms with Gasteiger partial charge in [0.1, 0.15) is 5.75 Å². The second kappa shape index (κ2) is 10.8. The number of rotatable bonds is 9. The predicted octanol–water partition coefficient (Wildman–Crippen LogP) is 5.12. The molecule has 0 spiro atoms. The highest BCUT2D eigenvalue weighted by Crippen LogP contribution is 2.34. The van der Waals surface area contributed by atoms with E-state index in [0.717, 1.165) is 10.7 Å². The van der Waals surface area contributed by atoms with Crippen molar-refractivity contribution in [2.24, 2.45) is 0 Å². The van der Waals surface area contributed by atoms with Gasteiger partial charge in [0, 0.05) is 10.8 Å². The Morgan fingerprint density at radius 3 is 2.30 bits per heavy atom. The van der Waals surface area contributed by atoms with Gasteiger partial charge in [0.05, 0.1) is 20.2 Å². The second-order valence-electron chi connectivity index (χ2n) is 7.55. The molecule has 4 aromatic rings. The minimum Gasteiger partial charge on any atom is -0.497 e. The van der Waals surface area contributed by atoms with Gasteiger partial charge in [-0.05, 0) is 42.3 Å². The van der Waals surface area contributed by atoms with Crippen LogP contribution < -0.4 is 10.1 Å². The SMILES string of the molecule is COc1ccc(C(=O)NCc2nnc(S[C@H](C)c3ccccc3)n2Cc2ccccc2)cc1. The Kier molecular flexibility index (Phi) is 7.42. The van der Waals surface area contributed by atoms with Crippen LogP contribution in [-0.4, -0.2) is 27.8 Å². The van der Waals surface area contributed by atoms with E-state index < -0.39 is 0 Å². The molecule has 33 heavy (non-hydrogen) atoms. The molecule has 6 nitrogen and oxygen atoms in total. The normalized spacial score (nSPS) is 11.7. The number of hydrogen-bond donors (Lipinski definition) is 1. The quantitative estimate of drug-likeness (QED) is 0.353. The zero-order valence-electron chi connectivity index (χ0n) is 18.6. The number of hydrogen-bond acceptors (Lipinski definition) is 5. The highest BCUT2D eigenvalue weighted by molar-refractivity contribution is 7.99. The summed E-state index contributed by atoms with van der Waals surface area (Å²) in [6, 6.07) is 27.6. The minimum absolute atomic E-state index is 0.168. The van der Waals surface area contributed by atoms with E-state index in [-0.39, 0.29) is 17.7 Å². The number of methoxy groups -OCH3 is 1. The van der Waals surface area contributed by atoms with Crippen molar-refractivity contribution in [3.8, 4) is 5.75 Å². The lowest BCUT2D eigenvalue weighted by Crippen LogP contribution is -2.25. The molecule has 4 rings (SSSR count). The van der Waals surface area contributed by atoms with Crippen LogP contribution in [0.5, 0.6) is 5.75 Å². The molecule has 168 valence electrons. The van der Waals surface area contributed by atoms with E-state index in [9.17, 15) is 4.79 Å². The summed E-state index contributed by atoms with van der Waals surface area (Å²) in [5.41, 5.74) is 2.94. The van der Waals surface area contributed by atoms with Crippen LogP contribution in [0.15, 0.2) is 90.1 Å². The third kappa shape index (κ3) is 5.81. The molecule has 0 radical (unpaired) electrons. The summed E-state index contributed by atoms with van der Waals surface area (Å²) in [7, 11) is 1.60. The van der Waals surface area contributed by atoms with E-state index in [4.69, 9.17) is 4.74 Å². The van der Waals surface area contributed by atoms with Crippen LogP contribution in [0.1, 0.15) is 39.5 Å². The molecule has 0 saturated carbocycles. The zero-order chi connectivity index (χ0) is 23.0. The van der Waals surface area contributed by atoms with E-state index in [1.807, 2.05) is 36.4 Å². The van der Waals surface area contributed by atoms with Gasteiger partial charge in [0.25, 0.3) is 5.91 Å². The van der Waals surface area contributed by atoms with E-state index in [2.05, 4.69) is 51.3 Å². The Labute approximate surface area is 198 Å². The lowest BCUT2D eigenvalue weighted by atomic mass is 10.2. The number of thioether (sulfide) groups is 1. The first-order valence-electron chi connectivity index (χ1n) is 10.7. The fourth-order valence-electron chi connectivity index (χ4n) is 3.42. The fraction of sp³-hybridized carbons (Fsp3) is 0.192. The largest absolute Gasteiger partial charge is 0.497 e. The minimum atomic E-state index is -0.168. The Bertz CT molecular complexity index is 1180. The Balaban J connectivity index is 1.53. The van der Waals surface area contributed by atoms with Gasteiger partial charge < -0.3 is 14.6 Å². The highest BCUT2D eigenvalue weighted by Gasteiger charge is 2.18. The van der Waals surface area contributed by atoms with Gasteiger partial charge in [0.2, 0.25) is 0 Å².